The highest BCUT2D eigenvalue weighted by Crippen LogP contribution is 2.27. The minimum atomic E-state index is -0.250. The predicted octanol–water partition coefficient (Wildman–Crippen LogP) is 3.16. The predicted molar refractivity (Wildman–Crippen MR) is 107 cm³/mol. The van der Waals surface area contributed by atoms with Gasteiger partial charge in [0.1, 0.15) is 0 Å². The molecule has 2 heterocycles. The lowest BCUT2D eigenvalue weighted by molar-refractivity contribution is -0.123. The van der Waals surface area contributed by atoms with Gasteiger partial charge in [0.15, 0.2) is 0 Å². The second-order valence-electron chi connectivity index (χ2n) is 6.30. The van der Waals surface area contributed by atoms with E-state index in [2.05, 4.69) is 54.1 Å². The molecule has 0 aliphatic carbocycles. The van der Waals surface area contributed by atoms with Crippen molar-refractivity contribution in [2.24, 2.45) is 0 Å². The maximum Gasteiger partial charge on any atom is 0.290 e. The SMILES string of the molecule is Cc1cc(-c2ccc(C(C)N3CCOCC3)cc2)c(C)cn1.O=CO.O=CO. The highest BCUT2D eigenvalue weighted by Gasteiger charge is 2.18. The molecule has 1 aromatic heterocycles. The number of hydrogen-bond acceptors (Lipinski definition) is 5. The molecule has 3 rings (SSSR count). The van der Waals surface area contributed by atoms with Crippen LogP contribution >= 0.6 is 0 Å². The Balaban J connectivity index is 0.000000582. The van der Waals surface area contributed by atoms with Crippen LogP contribution in [0.4, 0.5) is 0 Å². The fourth-order valence-electron chi connectivity index (χ4n) is 3.06. The zero-order valence-electron chi connectivity index (χ0n) is 16.5. The minimum absolute atomic E-state index is 0.250. The summed E-state index contributed by atoms with van der Waals surface area (Å²) in [5.41, 5.74) is 6.19. The standard InChI is InChI=1S/C19H24N2O.2CH2O2/c1-14-13-20-15(2)12-19(14)18-6-4-17(5-7-18)16(3)21-8-10-22-11-9-21;2*2-1-3/h4-7,12-13,16H,8-11H2,1-3H3;2*1H,(H,2,3). The van der Waals surface area contributed by atoms with Crippen LogP contribution in [0.1, 0.15) is 29.8 Å². The number of morpholine rings is 1. The molecule has 1 unspecified atom stereocenters. The van der Waals surface area contributed by atoms with Crippen molar-refractivity contribution in [1.82, 2.24) is 9.88 Å². The van der Waals surface area contributed by atoms with Crippen molar-refractivity contribution in [2.45, 2.75) is 26.8 Å². The fourth-order valence-corrected chi connectivity index (χ4v) is 3.06. The van der Waals surface area contributed by atoms with Crippen LogP contribution in [0.3, 0.4) is 0 Å². The lowest BCUT2D eigenvalue weighted by atomic mass is 9.98. The van der Waals surface area contributed by atoms with Gasteiger partial charge in [0, 0.05) is 31.0 Å². The van der Waals surface area contributed by atoms with Gasteiger partial charge in [-0.05, 0) is 49.1 Å². The van der Waals surface area contributed by atoms with E-state index in [1.807, 2.05) is 13.1 Å². The van der Waals surface area contributed by atoms with Crippen molar-refractivity contribution < 1.29 is 24.5 Å². The van der Waals surface area contributed by atoms with Gasteiger partial charge in [0.25, 0.3) is 12.9 Å². The quantitative estimate of drug-likeness (QED) is 0.779. The van der Waals surface area contributed by atoms with Crippen LogP contribution in [0, 0.1) is 13.8 Å². The van der Waals surface area contributed by atoms with Crippen molar-refractivity contribution in [1.29, 1.82) is 0 Å². The van der Waals surface area contributed by atoms with Gasteiger partial charge in [0.05, 0.1) is 13.2 Å². The summed E-state index contributed by atoms with van der Waals surface area (Å²) in [7, 11) is 0. The van der Waals surface area contributed by atoms with Gasteiger partial charge in [-0.2, -0.15) is 0 Å². The highest BCUT2D eigenvalue weighted by molar-refractivity contribution is 5.67. The van der Waals surface area contributed by atoms with Crippen molar-refractivity contribution >= 4 is 12.9 Å². The third kappa shape index (κ3) is 7.09. The number of pyridine rings is 1. The molecule has 1 aliphatic heterocycles. The normalized spacial score (nSPS) is 14.5. The third-order valence-corrected chi connectivity index (χ3v) is 4.54. The van der Waals surface area contributed by atoms with Crippen LogP contribution in [0.25, 0.3) is 11.1 Å². The van der Waals surface area contributed by atoms with E-state index in [1.165, 1.54) is 22.3 Å². The largest absolute Gasteiger partial charge is 0.483 e. The number of rotatable bonds is 3. The van der Waals surface area contributed by atoms with Crippen LogP contribution in [0.15, 0.2) is 36.5 Å². The first-order valence-corrected chi connectivity index (χ1v) is 8.99. The zero-order chi connectivity index (χ0) is 20.9. The van der Waals surface area contributed by atoms with E-state index in [4.69, 9.17) is 24.5 Å². The number of aromatic nitrogens is 1. The zero-order valence-corrected chi connectivity index (χ0v) is 16.5. The first kappa shape index (κ1) is 23.3. The number of benzene rings is 1. The summed E-state index contributed by atoms with van der Waals surface area (Å²) in [6.45, 7) is 9.67. The van der Waals surface area contributed by atoms with Gasteiger partial charge in [-0.15, -0.1) is 0 Å². The van der Waals surface area contributed by atoms with Crippen LogP contribution in [-0.2, 0) is 14.3 Å². The smallest absolute Gasteiger partial charge is 0.290 e. The van der Waals surface area contributed by atoms with Gasteiger partial charge in [0.2, 0.25) is 0 Å². The second-order valence-corrected chi connectivity index (χ2v) is 6.30. The van der Waals surface area contributed by atoms with E-state index in [-0.39, 0.29) is 12.9 Å². The molecule has 0 saturated carbocycles. The topological polar surface area (TPSA) is 100.0 Å². The van der Waals surface area contributed by atoms with Gasteiger partial charge in [-0.3, -0.25) is 19.5 Å². The van der Waals surface area contributed by atoms with E-state index < -0.39 is 0 Å². The molecule has 0 amide bonds. The Morgan fingerprint density at radius 1 is 1.07 bits per heavy atom. The maximum atomic E-state index is 8.36. The lowest BCUT2D eigenvalue weighted by Crippen LogP contribution is -2.37. The molecule has 1 atom stereocenters. The van der Waals surface area contributed by atoms with Crippen molar-refractivity contribution in [2.75, 3.05) is 26.3 Å². The molecule has 1 fully saturated rings. The van der Waals surface area contributed by atoms with Gasteiger partial charge in [-0.1, -0.05) is 24.3 Å². The third-order valence-electron chi connectivity index (χ3n) is 4.54. The van der Waals surface area contributed by atoms with E-state index in [9.17, 15) is 0 Å². The summed E-state index contributed by atoms with van der Waals surface area (Å²) in [4.78, 5) is 23.6. The van der Waals surface area contributed by atoms with E-state index in [1.54, 1.807) is 0 Å². The first-order valence-electron chi connectivity index (χ1n) is 8.99. The average molecular weight is 388 g/mol. The van der Waals surface area contributed by atoms with Gasteiger partial charge in [-0.25, -0.2) is 0 Å². The fraction of sp³-hybridized carbons (Fsp3) is 0.381. The summed E-state index contributed by atoms with van der Waals surface area (Å²) in [5, 5.41) is 13.8. The Kier molecular flexibility index (Phi) is 10.5. The summed E-state index contributed by atoms with van der Waals surface area (Å²) >= 11 is 0. The Morgan fingerprint density at radius 3 is 2.14 bits per heavy atom. The minimum Gasteiger partial charge on any atom is -0.483 e. The average Bonchev–Trinajstić information content (AvgIpc) is 2.71. The van der Waals surface area contributed by atoms with Crippen LogP contribution in [0.5, 0.6) is 0 Å². The number of carboxylic acid groups (broad SMARTS) is 2. The van der Waals surface area contributed by atoms with Crippen molar-refractivity contribution in [3.8, 4) is 11.1 Å². The van der Waals surface area contributed by atoms with E-state index in [0.717, 1.165) is 32.0 Å². The summed E-state index contributed by atoms with van der Waals surface area (Å²) in [6.07, 6.45) is 1.95. The molecule has 152 valence electrons. The molecule has 2 aromatic rings. The van der Waals surface area contributed by atoms with Gasteiger partial charge >= 0.3 is 0 Å². The highest BCUT2D eigenvalue weighted by atomic mass is 16.5. The van der Waals surface area contributed by atoms with E-state index >= 15 is 0 Å². The Morgan fingerprint density at radius 2 is 1.61 bits per heavy atom. The number of aryl methyl sites for hydroxylation is 2. The molecular formula is C21H28N2O5. The molecular weight excluding hydrogens is 360 g/mol. The summed E-state index contributed by atoms with van der Waals surface area (Å²) < 4.78 is 5.44. The molecule has 1 aromatic carbocycles. The van der Waals surface area contributed by atoms with Crippen LogP contribution in [-0.4, -0.2) is 59.3 Å². The molecule has 0 radical (unpaired) electrons. The second kappa shape index (κ2) is 12.6. The van der Waals surface area contributed by atoms with Crippen LogP contribution in [0.2, 0.25) is 0 Å². The van der Waals surface area contributed by atoms with Crippen LogP contribution < -0.4 is 0 Å². The number of nitrogens with zero attached hydrogens (tertiary/aromatic N) is 2. The molecule has 7 heteroatoms. The van der Waals surface area contributed by atoms with Gasteiger partial charge < -0.3 is 14.9 Å². The Bertz CT molecular complexity index is 722. The molecule has 28 heavy (non-hydrogen) atoms. The van der Waals surface area contributed by atoms with Crippen molar-refractivity contribution in [3.63, 3.8) is 0 Å². The van der Waals surface area contributed by atoms with E-state index in [0.29, 0.717) is 6.04 Å². The number of hydrogen-bond donors (Lipinski definition) is 2. The molecule has 2 N–H and O–H groups in total. The molecule has 7 nitrogen and oxygen atoms in total. The summed E-state index contributed by atoms with van der Waals surface area (Å²) in [5.74, 6) is 0. The molecule has 0 bridgehead atoms. The van der Waals surface area contributed by atoms with Crippen molar-refractivity contribution in [3.05, 3.63) is 53.3 Å². The molecule has 0 spiro atoms. The molecule has 1 aliphatic rings. The lowest BCUT2D eigenvalue weighted by Gasteiger charge is -2.32. The summed E-state index contributed by atoms with van der Waals surface area (Å²) in [6, 6.07) is 11.6. The Labute approximate surface area is 165 Å². The number of ether oxygens (including phenoxy) is 1. The first-order chi connectivity index (χ1) is 13.5. The number of carbonyl (C=O) groups is 2. The maximum absolute atomic E-state index is 8.36. The Hall–Kier alpha value is -2.77. The molecule has 1 saturated heterocycles. The monoisotopic (exact) mass is 388 g/mol.